The van der Waals surface area contributed by atoms with E-state index in [2.05, 4.69) is 57.9 Å². The van der Waals surface area contributed by atoms with Gasteiger partial charge in [-0.05, 0) is 12.5 Å². The Kier molecular flexibility index (Phi) is 3.66. The number of rotatable bonds is 2. The Balaban J connectivity index is 1.66. The molecule has 0 bridgehead atoms. The number of nitrogens with zero attached hydrogens (tertiary/aromatic N) is 3. The van der Waals surface area contributed by atoms with E-state index in [9.17, 15) is 4.79 Å². The Morgan fingerprint density at radius 1 is 1.35 bits per heavy atom. The zero-order chi connectivity index (χ0) is 16.0. The Morgan fingerprint density at radius 2 is 2.13 bits per heavy atom. The smallest absolute Gasteiger partial charge is 0.280 e. The summed E-state index contributed by atoms with van der Waals surface area (Å²) >= 11 is 1.68. The van der Waals surface area contributed by atoms with Gasteiger partial charge in [-0.1, -0.05) is 49.0 Å². The number of thioether (sulfide) groups is 1. The third-order valence-corrected chi connectivity index (χ3v) is 5.70. The molecule has 2 aliphatic rings. The van der Waals surface area contributed by atoms with E-state index in [1.54, 1.807) is 11.8 Å². The molecule has 4 rings (SSSR count). The van der Waals surface area contributed by atoms with Crippen molar-refractivity contribution >= 4 is 17.6 Å². The fourth-order valence-corrected chi connectivity index (χ4v) is 4.32. The molecule has 23 heavy (non-hydrogen) atoms. The molecule has 5 nitrogen and oxygen atoms in total. The molecule has 2 aromatic rings. The van der Waals surface area contributed by atoms with Crippen LogP contribution in [-0.4, -0.2) is 26.4 Å². The fourth-order valence-electron chi connectivity index (χ4n) is 3.30. The highest BCUT2D eigenvalue weighted by Gasteiger charge is 2.30. The zero-order valence-corrected chi connectivity index (χ0v) is 14.1. The van der Waals surface area contributed by atoms with Crippen molar-refractivity contribution in [1.82, 2.24) is 14.5 Å². The number of nitrogens with one attached hydrogen (secondary N) is 1. The Labute approximate surface area is 139 Å². The van der Waals surface area contributed by atoms with Gasteiger partial charge in [0.25, 0.3) is 5.56 Å². The first kappa shape index (κ1) is 14.8. The molecule has 0 radical (unpaired) electrons. The third-order valence-electron chi connectivity index (χ3n) is 4.63. The number of hydrogen-bond acceptors (Lipinski definition) is 5. The van der Waals surface area contributed by atoms with Crippen molar-refractivity contribution in [3.05, 3.63) is 51.8 Å². The molecule has 0 saturated heterocycles. The van der Waals surface area contributed by atoms with Crippen LogP contribution in [0.2, 0.25) is 0 Å². The van der Waals surface area contributed by atoms with Crippen molar-refractivity contribution in [2.45, 2.75) is 43.4 Å². The van der Waals surface area contributed by atoms with Crippen LogP contribution in [0.1, 0.15) is 31.0 Å². The topological polar surface area (TPSA) is 50.2 Å². The van der Waals surface area contributed by atoms with Crippen LogP contribution in [0.4, 0.5) is 5.82 Å². The maximum atomic E-state index is 12.4. The molecule has 1 aromatic heterocycles. The summed E-state index contributed by atoms with van der Waals surface area (Å²) in [5, 5.41) is 4.78. The van der Waals surface area contributed by atoms with Crippen molar-refractivity contribution in [1.29, 1.82) is 0 Å². The van der Waals surface area contributed by atoms with E-state index in [0.29, 0.717) is 11.8 Å². The zero-order valence-electron chi connectivity index (χ0n) is 13.3. The van der Waals surface area contributed by atoms with E-state index in [4.69, 9.17) is 0 Å². The van der Waals surface area contributed by atoms with Gasteiger partial charge in [-0.25, -0.2) is 0 Å². The van der Waals surface area contributed by atoms with Crippen LogP contribution in [0, 0.1) is 0 Å². The van der Waals surface area contributed by atoms with E-state index in [1.807, 2.05) is 6.07 Å². The highest BCUT2D eigenvalue weighted by atomic mass is 32.2. The second-order valence-corrected chi connectivity index (χ2v) is 7.64. The molecule has 120 valence electrons. The number of hydrogen-bond donors (Lipinski definition) is 1. The third kappa shape index (κ3) is 2.56. The molecule has 0 amide bonds. The fraction of sp³-hybridized carbons (Fsp3) is 0.412. The minimum Gasteiger partial charge on any atom is -0.358 e. The molecular weight excluding hydrogens is 308 g/mol. The van der Waals surface area contributed by atoms with Gasteiger partial charge in [0.15, 0.2) is 5.16 Å². The second-order valence-electron chi connectivity index (χ2n) is 6.23. The monoisotopic (exact) mass is 328 g/mol. The summed E-state index contributed by atoms with van der Waals surface area (Å²) in [6.45, 7) is 6.65. The van der Waals surface area contributed by atoms with E-state index >= 15 is 0 Å². The average Bonchev–Trinajstić information content (AvgIpc) is 2.95. The van der Waals surface area contributed by atoms with Gasteiger partial charge < -0.3 is 9.88 Å². The average molecular weight is 328 g/mol. The van der Waals surface area contributed by atoms with Gasteiger partial charge in [0.2, 0.25) is 0 Å². The summed E-state index contributed by atoms with van der Waals surface area (Å²) < 4.78 is 2.16. The van der Waals surface area contributed by atoms with Crippen LogP contribution in [-0.2, 0) is 13.1 Å². The second kappa shape index (κ2) is 5.69. The molecule has 0 unspecified atom stereocenters. The minimum atomic E-state index is -0.0923. The number of anilines is 1. The molecule has 2 aliphatic heterocycles. The van der Waals surface area contributed by atoms with Gasteiger partial charge in [-0.2, -0.15) is 4.98 Å². The first-order chi connectivity index (χ1) is 11.1. The van der Waals surface area contributed by atoms with E-state index in [-0.39, 0.29) is 11.6 Å². The van der Waals surface area contributed by atoms with Gasteiger partial charge in [0.05, 0.1) is 12.2 Å². The van der Waals surface area contributed by atoms with Crippen molar-refractivity contribution in [3.63, 3.8) is 0 Å². The first-order valence-corrected chi connectivity index (χ1v) is 8.84. The number of fused-ring (bicyclic) bond motifs is 3. The Morgan fingerprint density at radius 3 is 2.91 bits per heavy atom. The van der Waals surface area contributed by atoms with Crippen molar-refractivity contribution < 1.29 is 0 Å². The molecule has 6 heteroatoms. The minimum absolute atomic E-state index is 0.0923. The van der Waals surface area contributed by atoms with Crippen molar-refractivity contribution in [3.8, 4) is 0 Å². The van der Waals surface area contributed by atoms with Crippen molar-refractivity contribution in [2.24, 2.45) is 0 Å². The normalized spacial score (nSPS) is 21.4. The highest BCUT2D eigenvalue weighted by Crippen LogP contribution is 2.35. The summed E-state index contributed by atoms with van der Waals surface area (Å²) in [6, 6.07) is 10.7. The summed E-state index contributed by atoms with van der Waals surface area (Å²) in [7, 11) is 0. The quantitative estimate of drug-likeness (QED) is 0.859. The first-order valence-electron chi connectivity index (χ1n) is 7.96. The summed E-state index contributed by atoms with van der Waals surface area (Å²) in [5.74, 6) is 0.966. The molecular formula is C17H20N4OS. The van der Waals surface area contributed by atoms with Crippen LogP contribution in [0.15, 0.2) is 40.3 Å². The Hall–Kier alpha value is -1.79. The highest BCUT2D eigenvalue weighted by molar-refractivity contribution is 7.99. The molecule has 3 heterocycles. The van der Waals surface area contributed by atoms with E-state index < -0.39 is 0 Å². The molecule has 0 aliphatic carbocycles. The van der Waals surface area contributed by atoms with Crippen molar-refractivity contribution in [2.75, 3.05) is 12.0 Å². The molecule has 0 fully saturated rings. The lowest BCUT2D eigenvalue weighted by Gasteiger charge is -2.35. The maximum Gasteiger partial charge on any atom is 0.280 e. The lowest BCUT2D eigenvalue weighted by atomic mass is 10.1. The summed E-state index contributed by atoms with van der Waals surface area (Å²) in [6.07, 6.45) is 0. The number of benzene rings is 1. The molecule has 1 aromatic carbocycles. The van der Waals surface area contributed by atoms with E-state index in [1.165, 1.54) is 5.56 Å². The standard InChI is InChI=1S/C17H20N4OS/c1-11-8-21-15-14(16(22)19-17(21)23-11)9-20(10-18-15)12(2)13-6-4-3-5-7-13/h3-7,11-12,18H,8-10H2,1-2H3/t11-,12+/m1/s1. The van der Waals surface area contributed by atoms with E-state index in [0.717, 1.165) is 29.8 Å². The summed E-state index contributed by atoms with van der Waals surface area (Å²) in [4.78, 5) is 19.0. The summed E-state index contributed by atoms with van der Waals surface area (Å²) in [5.41, 5.74) is 1.96. The van der Waals surface area contributed by atoms with Crippen LogP contribution in [0.3, 0.4) is 0 Å². The van der Waals surface area contributed by atoms with Crippen LogP contribution in [0.25, 0.3) is 0 Å². The lowest BCUT2D eigenvalue weighted by Crippen LogP contribution is -2.40. The molecule has 2 atom stereocenters. The van der Waals surface area contributed by atoms with Gasteiger partial charge >= 0.3 is 0 Å². The van der Waals surface area contributed by atoms with Crippen LogP contribution < -0.4 is 10.9 Å². The van der Waals surface area contributed by atoms with Gasteiger partial charge in [-0.15, -0.1) is 0 Å². The Bertz CT molecular complexity index is 789. The number of aromatic nitrogens is 2. The molecule has 1 N–H and O–H groups in total. The molecule has 0 spiro atoms. The predicted molar refractivity (Wildman–Crippen MR) is 92.7 cm³/mol. The predicted octanol–water partition coefficient (Wildman–Crippen LogP) is 2.68. The van der Waals surface area contributed by atoms with Gasteiger partial charge in [-0.3, -0.25) is 9.69 Å². The van der Waals surface area contributed by atoms with Crippen LogP contribution >= 0.6 is 11.8 Å². The SMILES string of the molecule is C[C@@H]1Cn2c(nc(=O)c3c2NCN([C@@H](C)c2ccccc2)C3)S1. The van der Waals surface area contributed by atoms with Gasteiger partial charge in [0, 0.05) is 24.4 Å². The van der Waals surface area contributed by atoms with Gasteiger partial charge in [0.1, 0.15) is 5.82 Å². The maximum absolute atomic E-state index is 12.4. The lowest BCUT2D eigenvalue weighted by molar-refractivity contribution is 0.206. The largest absolute Gasteiger partial charge is 0.358 e. The van der Waals surface area contributed by atoms with Crippen LogP contribution in [0.5, 0.6) is 0 Å². The molecule has 0 saturated carbocycles.